The second-order valence-corrected chi connectivity index (χ2v) is 2.81. The van der Waals surface area contributed by atoms with E-state index in [4.69, 9.17) is 0 Å². The number of hydrogen-bond donors (Lipinski definition) is 0. The van der Waals surface area contributed by atoms with Crippen LogP contribution in [0.5, 0.6) is 0 Å². The van der Waals surface area contributed by atoms with Gasteiger partial charge in [-0.2, -0.15) is 0 Å². The molecule has 0 bridgehead atoms. The summed E-state index contributed by atoms with van der Waals surface area (Å²) in [5.74, 6) is 1.48. The monoisotopic (exact) mass is 174 g/mol. The minimum Gasteiger partial charge on any atom is -0.297 e. The zero-order chi connectivity index (χ0) is 9.68. The largest absolute Gasteiger partial charge is 0.297 e. The second kappa shape index (κ2) is 4.39. The molecule has 0 fully saturated rings. The Kier molecular flexibility index (Phi) is 3.18. The summed E-state index contributed by atoms with van der Waals surface area (Å²) in [6.07, 6.45) is 0.560. The first-order valence-corrected chi connectivity index (χ1v) is 4.04. The van der Waals surface area contributed by atoms with Crippen molar-refractivity contribution in [1.29, 1.82) is 0 Å². The Bertz CT molecular complexity index is 334. The second-order valence-electron chi connectivity index (χ2n) is 2.81. The highest BCUT2D eigenvalue weighted by atomic mass is 16.1. The van der Waals surface area contributed by atoms with Crippen LogP contribution in [0.25, 0.3) is 0 Å². The number of aldehydes is 1. The molecule has 0 spiro atoms. The molecule has 1 aromatic rings. The van der Waals surface area contributed by atoms with Crippen LogP contribution >= 0.6 is 0 Å². The summed E-state index contributed by atoms with van der Waals surface area (Å²) in [6.45, 7) is 1.81. The van der Waals surface area contributed by atoms with E-state index in [0.29, 0.717) is 6.29 Å². The van der Waals surface area contributed by atoms with E-state index in [1.807, 2.05) is 37.3 Å². The number of hydrogen-bond acceptors (Lipinski definition) is 2. The van der Waals surface area contributed by atoms with Crippen LogP contribution in [0, 0.1) is 0 Å². The van der Waals surface area contributed by atoms with Gasteiger partial charge in [0.15, 0.2) is 6.29 Å². The molecule has 1 rings (SSSR count). The Balaban J connectivity index is 2.98. The molecule has 0 aliphatic rings. The van der Waals surface area contributed by atoms with Gasteiger partial charge < -0.3 is 0 Å². The Morgan fingerprint density at radius 3 is 2.46 bits per heavy atom. The third-order valence-corrected chi connectivity index (χ3v) is 2.01. The van der Waals surface area contributed by atoms with Crippen molar-refractivity contribution in [3.05, 3.63) is 41.5 Å². The number of benzene rings is 1. The number of rotatable bonds is 3. The fourth-order valence-electron chi connectivity index (χ4n) is 1.14. The SMILES string of the molecule is CC(C(=C=O)C=O)c1ccccc1. The molecule has 0 N–H and O–H groups in total. The van der Waals surface area contributed by atoms with E-state index in [1.54, 1.807) is 5.94 Å². The summed E-state index contributed by atoms with van der Waals surface area (Å²) >= 11 is 0. The number of allylic oxidation sites excluding steroid dienone is 1. The molecule has 66 valence electrons. The fraction of sp³-hybridized carbons (Fsp3) is 0.182. The topological polar surface area (TPSA) is 34.1 Å². The van der Waals surface area contributed by atoms with Crippen LogP contribution in [0.3, 0.4) is 0 Å². The molecule has 0 heterocycles. The zero-order valence-electron chi connectivity index (χ0n) is 7.36. The lowest BCUT2D eigenvalue weighted by atomic mass is 9.95. The minimum atomic E-state index is -0.170. The minimum absolute atomic E-state index is 0.159. The van der Waals surface area contributed by atoms with Gasteiger partial charge in [-0.3, -0.25) is 4.79 Å². The molecule has 0 aliphatic heterocycles. The van der Waals surface area contributed by atoms with Gasteiger partial charge in [0.1, 0.15) is 5.94 Å². The van der Waals surface area contributed by atoms with Crippen molar-refractivity contribution in [2.24, 2.45) is 0 Å². The average Bonchev–Trinajstić information content (AvgIpc) is 2.21. The highest BCUT2D eigenvalue weighted by Gasteiger charge is 2.10. The molecule has 2 heteroatoms. The van der Waals surface area contributed by atoms with Crippen molar-refractivity contribution in [1.82, 2.24) is 0 Å². The quantitative estimate of drug-likeness (QED) is 0.397. The molecule has 0 aromatic heterocycles. The molecule has 0 amide bonds. The molecule has 0 saturated heterocycles. The van der Waals surface area contributed by atoms with Crippen molar-refractivity contribution in [3.63, 3.8) is 0 Å². The third kappa shape index (κ3) is 2.14. The van der Waals surface area contributed by atoms with Gasteiger partial charge in [0.2, 0.25) is 0 Å². The lowest BCUT2D eigenvalue weighted by molar-refractivity contribution is -0.105. The lowest BCUT2D eigenvalue weighted by Gasteiger charge is -2.07. The standard InChI is InChI=1S/C11H10O2/c1-9(11(7-12)8-13)10-5-3-2-4-6-10/h2-7,9H,1H3. The molecule has 2 nitrogen and oxygen atoms in total. The van der Waals surface area contributed by atoms with Crippen LogP contribution in [0.1, 0.15) is 18.4 Å². The van der Waals surface area contributed by atoms with E-state index in [9.17, 15) is 9.59 Å². The van der Waals surface area contributed by atoms with E-state index in [0.717, 1.165) is 5.56 Å². The van der Waals surface area contributed by atoms with E-state index in [2.05, 4.69) is 0 Å². The predicted molar refractivity (Wildman–Crippen MR) is 50.1 cm³/mol. The fourth-order valence-corrected chi connectivity index (χ4v) is 1.14. The Morgan fingerprint density at radius 2 is 2.00 bits per heavy atom. The summed E-state index contributed by atoms with van der Waals surface area (Å²) in [7, 11) is 0. The highest BCUT2D eigenvalue weighted by Crippen LogP contribution is 2.19. The van der Waals surface area contributed by atoms with Crippen LogP contribution in [0.15, 0.2) is 35.9 Å². The van der Waals surface area contributed by atoms with Gasteiger partial charge in [0.25, 0.3) is 0 Å². The van der Waals surface area contributed by atoms with Crippen LogP contribution < -0.4 is 0 Å². The smallest absolute Gasteiger partial charge is 0.157 e. The highest BCUT2D eigenvalue weighted by molar-refractivity contribution is 5.87. The van der Waals surface area contributed by atoms with Gasteiger partial charge in [-0.05, 0) is 5.56 Å². The summed E-state index contributed by atoms with van der Waals surface area (Å²) < 4.78 is 0. The van der Waals surface area contributed by atoms with Gasteiger partial charge in [0, 0.05) is 5.92 Å². The number of carbonyl (C=O) groups excluding carboxylic acids is 2. The molecule has 1 atom stereocenters. The number of carbonyl (C=O) groups is 1. The normalized spacial score (nSPS) is 11.5. The summed E-state index contributed by atoms with van der Waals surface area (Å²) in [6, 6.07) is 9.40. The third-order valence-electron chi connectivity index (χ3n) is 2.01. The molecule has 0 saturated carbocycles. The van der Waals surface area contributed by atoms with Crippen molar-refractivity contribution in [3.8, 4) is 0 Å². The zero-order valence-corrected chi connectivity index (χ0v) is 7.36. The van der Waals surface area contributed by atoms with Crippen molar-refractivity contribution >= 4 is 12.2 Å². The summed E-state index contributed by atoms with van der Waals surface area (Å²) in [4.78, 5) is 20.8. The van der Waals surface area contributed by atoms with E-state index in [-0.39, 0.29) is 11.5 Å². The van der Waals surface area contributed by atoms with E-state index >= 15 is 0 Å². The average molecular weight is 174 g/mol. The van der Waals surface area contributed by atoms with Gasteiger partial charge in [-0.15, -0.1) is 0 Å². The van der Waals surface area contributed by atoms with Gasteiger partial charge in [-0.1, -0.05) is 37.3 Å². The van der Waals surface area contributed by atoms with Crippen LogP contribution in [0.2, 0.25) is 0 Å². The molecule has 13 heavy (non-hydrogen) atoms. The van der Waals surface area contributed by atoms with Gasteiger partial charge >= 0.3 is 0 Å². The molecule has 0 aliphatic carbocycles. The van der Waals surface area contributed by atoms with Crippen molar-refractivity contribution in [2.75, 3.05) is 0 Å². The maximum absolute atomic E-state index is 10.5. The predicted octanol–water partition coefficient (Wildman–Crippen LogP) is 1.75. The molecule has 0 radical (unpaired) electrons. The first kappa shape index (κ1) is 9.43. The first-order chi connectivity index (χ1) is 6.29. The Labute approximate surface area is 76.9 Å². The maximum Gasteiger partial charge on any atom is 0.157 e. The van der Waals surface area contributed by atoms with E-state index in [1.165, 1.54) is 0 Å². The van der Waals surface area contributed by atoms with Crippen molar-refractivity contribution < 1.29 is 9.59 Å². The molecule has 1 unspecified atom stereocenters. The first-order valence-electron chi connectivity index (χ1n) is 4.04. The Morgan fingerprint density at radius 1 is 1.38 bits per heavy atom. The van der Waals surface area contributed by atoms with Gasteiger partial charge in [-0.25, -0.2) is 4.79 Å². The molecular weight excluding hydrogens is 164 g/mol. The van der Waals surface area contributed by atoms with E-state index < -0.39 is 0 Å². The summed E-state index contributed by atoms with van der Waals surface area (Å²) in [5.41, 5.74) is 1.11. The van der Waals surface area contributed by atoms with Crippen LogP contribution in [0.4, 0.5) is 0 Å². The lowest BCUT2D eigenvalue weighted by Crippen LogP contribution is -1.99. The summed E-state index contributed by atoms with van der Waals surface area (Å²) in [5, 5.41) is 0. The van der Waals surface area contributed by atoms with Crippen LogP contribution in [-0.4, -0.2) is 12.2 Å². The molecule has 1 aromatic carbocycles. The Hall–Kier alpha value is -1.66. The van der Waals surface area contributed by atoms with Gasteiger partial charge in [0.05, 0.1) is 5.57 Å². The maximum atomic E-state index is 10.5. The molecular formula is C11H10O2. The van der Waals surface area contributed by atoms with Crippen molar-refractivity contribution in [2.45, 2.75) is 12.8 Å². The van der Waals surface area contributed by atoms with Crippen LogP contribution in [-0.2, 0) is 9.59 Å².